The summed E-state index contributed by atoms with van der Waals surface area (Å²) in [4.78, 5) is 41.8. The van der Waals surface area contributed by atoms with Gasteiger partial charge in [0.05, 0.1) is 12.3 Å². The van der Waals surface area contributed by atoms with E-state index in [-0.39, 0.29) is 28.2 Å². The minimum atomic E-state index is -1.01. The average molecular weight is 550 g/mol. The Labute approximate surface area is 232 Å². The molecule has 1 atom stereocenters. The van der Waals surface area contributed by atoms with Gasteiger partial charge in [-0.25, -0.2) is 0 Å². The first-order chi connectivity index (χ1) is 18.8. The highest BCUT2D eigenvalue weighted by molar-refractivity contribution is 7.09. The number of para-hydroxylation sites is 1. The summed E-state index contributed by atoms with van der Waals surface area (Å²) in [6.45, 7) is 4.39. The van der Waals surface area contributed by atoms with E-state index in [0.29, 0.717) is 30.0 Å². The largest absolute Gasteiger partial charge is 0.494 e. The Bertz CT molecular complexity index is 1320. The van der Waals surface area contributed by atoms with E-state index >= 15 is 0 Å². The fourth-order valence-electron chi connectivity index (χ4n) is 5.01. The van der Waals surface area contributed by atoms with Crippen LogP contribution in [0.1, 0.15) is 83.3 Å². The number of rotatable bonds is 10. The van der Waals surface area contributed by atoms with Gasteiger partial charge in [-0.05, 0) is 67.0 Å². The molecule has 2 aromatic carbocycles. The van der Waals surface area contributed by atoms with Crippen molar-refractivity contribution in [1.29, 1.82) is 0 Å². The lowest BCUT2D eigenvalue weighted by Gasteiger charge is -2.34. The first-order valence-corrected chi connectivity index (χ1v) is 14.1. The van der Waals surface area contributed by atoms with E-state index in [4.69, 9.17) is 16.2 Å². The van der Waals surface area contributed by atoms with E-state index in [1.54, 1.807) is 24.3 Å². The zero-order valence-corrected chi connectivity index (χ0v) is 23.1. The molecule has 5 N–H and O–H groups in total. The second-order valence-electron chi connectivity index (χ2n) is 9.54. The third-order valence-corrected chi connectivity index (χ3v) is 7.82. The van der Waals surface area contributed by atoms with Crippen molar-refractivity contribution in [2.75, 3.05) is 17.2 Å². The lowest BCUT2D eigenvalue weighted by atomic mass is 9.94. The summed E-state index contributed by atoms with van der Waals surface area (Å²) in [6, 6.07) is 13.7. The zero-order chi connectivity index (χ0) is 27.9. The van der Waals surface area contributed by atoms with Crippen LogP contribution < -0.4 is 26.4 Å². The van der Waals surface area contributed by atoms with E-state index in [2.05, 4.69) is 9.69 Å². The molecule has 1 aliphatic rings. The monoisotopic (exact) mass is 549 g/mol. The summed E-state index contributed by atoms with van der Waals surface area (Å²) in [6.07, 6.45) is 5.66. The van der Waals surface area contributed by atoms with Gasteiger partial charge in [0.2, 0.25) is 5.91 Å². The highest BCUT2D eigenvalue weighted by Gasteiger charge is 2.37. The molecular weight excluding hydrogens is 514 g/mol. The number of nitrogen functional groups attached to an aromatic ring is 1. The first kappa shape index (κ1) is 28.1. The molecule has 1 fully saturated rings. The predicted octanol–water partition coefficient (Wildman–Crippen LogP) is 4.62. The van der Waals surface area contributed by atoms with Gasteiger partial charge in [-0.3, -0.25) is 19.3 Å². The average Bonchev–Trinajstić information content (AvgIpc) is 3.34. The number of carbonyl (C=O) groups excluding carboxylic acids is 3. The number of nitrogens with one attached hydrogen (secondary N) is 1. The number of nitrogens with zero attached hydrogens (tertiary/aromatic N) is 2. The number of benzene rings is 2. The SMILES string of the molecule is CCOc1ccc([C@H](C(=O)NC2CCCCC2)N(C(=O)c2snc(C(N)=O)c2N)c2ccccc2CC)cc1. The van der Waals surface area contributed by atoms with Crippen molar-refractivity contribution in [1.82, 2.24) is 9.69 Å². The van der Waals surface area contributed by atoms with Crippen LogP contribution in [0.15, 0.2) is 48.5 Å². The van der Waals surface area contributed by atoms with E-state index in [0.717, 1.165) is 49.2 Å². The lowest BCUT2D eigenvalue weighted by Crippen LogP contribution is -2.47. The van der Waals surface area contributed by atoms with Gasteiger partial charge in [-0.1, -0.05) is 56.5 Å². The van der Waals surface area contributed by atoms with Crippen molar-refractivity contribution in [2.45, 2.75) is 64.5 Å². The Morgan fingerprint density at radius 3 is 2.38 bits per heavy atom. The van der Waals surface area contributed by atoms with Gasteiger partial charge in [-0.15, -0.1) is 0 Å². The number of aromatic nitrogens is 1. The van der Waals surface area contributed by atoms with Crippen LogP contribution >= 0.6 is 11.5 Å². The molecule has 1 saturated carbocycles. The Kier molecular flexibility index (Phi) is 9.19. The number of anilines is 2. The molecule has 0 saturated heterocycles. The Balaban J connectivity index is 1.86. The van der Waals surface area contributed by atoms with E-state index < -0.39 is 17.9 Å². The number of ether oxygens (including phenoxy) is 1. The standard InChI is InChI=1S/C29H35N5O4S/c1-3-18-10-8-9-13-22(18)34(29(37)26-23(30)24(27(31)35)33-39-26)25(19-14-16-21(17-15-19)38-4-2)28(36)32-20-11-6-5-7-12-20/h8-10,13-17,20,25H,3-7,11-12,30H2,1-2H3,(H2,31,35)(H,32,36)/t25-/m1/s1. The molecule has 9 nitrogen and oxygen atoms in total. The van der Waals surface area contributed by atoms with Crippen molar-refractivity contribution >= 4 is 40.6 Å². The van der Waals surface area contributed by atoms with Crippen LogP contribution in [-0.4, -0.2) is 34.7 Å². The van der Waals surface area contributed by atoms with Gasteiger partial charge in [0, 0.05) is 11.7 Å². The summed E-state index contributed by atoms with van der Waals surface area (Å²) in [5.41, 5.74) is 13.4. The smallest absolute Gasteiger partial charge is 0.273 e. The Morgan fingerprint density at radius 2 is 1.77 bits per heavy atom. The van der Waals surface area contributed by atoms with Gasteiger partial charge < -0.3 is 21.5 Å². The first-order valence-electron chi connectivity index (χ1n) is 13.3. The van der Waals surface area contributed by atoms with Crippen LogP contribution in [0.2, 0.25) is 0 Å². The fourth-order valence-corrected chi connectivity index (χ4v) is 5.75. The predicted molar refractivity (Wildman–Crippen MR) is 153 cm³/mol. The number of amides is 3. The third-order valence-electron chi connectivity index (χ3n) is 6.97. The van der Waals surface area contributed by atoms with Crippen LogP contribution in [0.4, 0.5) is 11.4 Å². The lowest BCUT2D eigenvalue weighted by molar-refractivity contribution is -0.123. The molecule has 0 aliphatic heterocycles. The van der Waals surface area contributed by atoms with Crippen molar-refractivity contribution in [3.05, 3.63) is 70.2 Å². The molecular formula is C29H35N5O4S. The maximum atomic E-state index is 14.3. The minimum Gasteiger partial charge on any atom is -0.494 e. The van der Waals surface area contributed by atoms with Crippen molar-refractivity contribution < 1.29 is 19.1 Å². The summed E-state index contributed by atoms with van der Waals surface area (Å²) in [5.74, 6) is -0.974. The number of aryl methyl sites for hydroxylation is 1. The second-order valence-corrected chi connectivity index (χ2v) is 10.3. The second kappa shape index (κ2) is 12.8. The zero-order valence-electron chi connectivity index (χ0n) is 22.3. The molecule has 0 unspecified atom stereocenters. The normalized spacial score (nSPS) is 14.4. The maximum absolute atomic E-state index is 14.3. The molecule has 10 heteroatoms. The van der Waals surface area contributed by atoms with Crippen molar-refractivity contribution in [3.8, 4) is 5.75 Å². The van der Waals surface area contributed by atoms with E-state index in [1.165, 1.54) is 4.90 Å². The number of hydrogen-bond donors (Lipinski definition) is 3. The molecule has 0 bridgehead atoms. The highest BCUT2D eigenvalue weighted by atomic mass is 32.1. The van der Waals surface area contributed by atoms with Gasteiger partial charge in [0.15, 0.2) is 5.69 Å². The van der Waals surface area contributed by atoms with E-state index in [9.17, 15) is 14.4 Å². The molecule has 1 aromatic heterocycles. The maximum Gasteiger partial charge on any atom is 0.273 e. The summed E-state index contributed by atoms with van der Waals surface area (Å²) >= 11 is 0.799. The number of primary amides is 1. The third kappa shape index (κ3) is 6.22. The van der Waals surface area contributed by atoms with E-state index in [1.807, 2.05) is 38.1 Å². The Hall–Kier alpha value is -3.92. The Morgan fingerprint density at radius 1 is 1.08 bits per heavy atom. The summed E-state index contributed by atoms with van der Waals surface area (Å²) < 4.78 is 9.65. The summed E-state index contributed by atoms with van der Waals surface area (Å²) in [5, 5.41) is 3.21. The highest BCUT2D eigenvalue weighted by Crippen LogP contribution is 2.36. The van der Waals surface area contributed by atoms with Gasteiger partial charge in [0.25, 0.3) is 11.8 Å². The van der Waals surface area contributed by atoms with Crippen LogP contribution in [0, 0.1) is 0 Å². The van der Waals surface area contributed by atoms with Crippen molar-refractivity contribution in [2.24, 2.45) is 5.73 Å². The molecule has 3 amide bonds. The quantitative estimate of drug-likeness (QED) is 0.337. The van der Waals surface area contributed by atoms with Crippen LogP contribution in [0.25, 0.3) is 0 Å². The topological polar surface area (TPSA) is 141 Å². The minimum absolute atomic E-state index is 0.0322. The number of carbonyl (C=O) groups is 3. The molecule has 39 heavy (non-hydrogen) atoms. The fraction of sp³-hybridized carbons (Fsp3) is 0.379. The summed E-state index contributed by atoms with van der Waals surface area (Å²) in [7, 11) is 0. The molecule has 1 aliphatic carbocycles. The molecule has 4 rings (SSSR count). The molecule has 0 spiro atoms. The van der Waals surface area contributed by atoms with Crippen LogP contribution in [0.3, 0.4) is 0 Å². The molecule has 206 valence electrons. The molecule has 1 heterocycles. The van der Waals surface area contributed by atoms with Gasteiger partial charge >= 0.3 is 0 Å². The van der Waals surface area contributed by atoms with Crippen LogP contribution in [0.5, 0.6) is 5.75 Å². The van der Waals surface area contributed by atoms with Crippen molar-refractivity contribution in [3.63, 3.8) is 0 Å². The molecule has 0 radical (unpaired) electrons. The molecule has 3 aromatic rings. The van der Waals surface area contributed by atoms with Crippen LogP contribution in [-0.2, 0) is 11.2 Å². The van der Waals surface area contributed by atoms with Gasteiger partial charge in [0.1, 0.15) is 16.7 Å². The van der Waals surface area contributed by atoms with Gasteiger partial charge in [-0.2, -0.15) is 4.37 Å². The number of nitrogens with two attached hydrogens (primary N) is 2. The number of hydrogen-bond acceptors (Lipinski definition) is 7.